The van der Waals surface area contributed by atoms with Crippen molar-refractivity contribution in [2.24, 2.45) is 11.3 Å². The van der Waals surface area contributed by atoms with Gasteiger partial charge in [0, 0.05) is 37.9 Å². The Hall–Kier alpha value is -2.49. The number of amides is 2. The number of carbonyl (C=O) groups is 2. The van der Waals surface area contributed by atoms with Crippen LogP contribution in [0.4, 0.5) is 4.39 Å². The number of hydrogen-bond donors (Lipinski definition) is 2. The van der Waals surface area contributed by atoms with E-state index in [1.54, 1.807) is 0 Å². The van der Waals surface area contributed by atoms with Crippen molar-refractivity contribution in [3.8, 4) is 11.4 Å². The van der Waals surface area contributed by atoms with Crippen molar-refractivity contribution in [2.45, 2.75) is 59.2 Å². The number of hydrogen-bond acceptors (Lipinski definition) is 5. The maximum atomic E-state index is 14.8. The Morgan fingerprint density at radius 3 is 2.68 bits per heavy atom. The fraction of sp³-hybridized carbons (Fsp3) is 0.593. The van der Waals surface area contributed by atoms with Crippen molar-refractivity contribution in [2.75, 3.05) is 33.4 Å². The number of carbonyl (C=O) groups excluding carboxylic acids is 2. The van der Waals surface area contributed by atoms with Gasteiger partial charge in [0.15, 0.2) is 5.69 Å². The third-order valence-corrected chi connectivity index (χ3v) is 7.34. The molecule has 1 fully saturated rings. The zero-order chi connectivity index (χ0) is 26.7. The molecule has 10 heteroatoms. The van der Waals surface area contributed by atoms with Gasteiger partial charge in [-0.15, -0.1) is 0 Å². The van der Waals surface area contributed by atoms with E-state index in [4.69, 9.17) is 16.3 Å². The first-order chi connectivity index (χ1) is 17.5. The van der Waals surface area contributed by atoms with E-state index in [0.717, 1.165) is 25.8 Å². The summed E-state index contributed by atoms with van der Waals surface area (Å²) < 4.78 is 22.2. The van der Waals surface area contributed by atoms with Gasteiger partial charge in [0.2, 0.25) is 5.91 Å². The molecule has 2 aromatic rings. The smallest absolute Gasteiger partial charge is 0.272 e. The first-order valence-electron chi connectivity index (χ1n) is 12.9. The summed E-state index contributed by atoms with van der Waals surface area (Å²) in [6, 6.07) is 3.55. The Morgan fingerprint density at radius 1 is 1.24 bits per heavy atom. The Labute approximate surface area is 222 Å². The maximum absolute atomic E-state index is 14.8. The van der Waals surface area contributed by atoms with Crippen molar-refractivity contribution in [1.29, 1.82) is 0 Å². The standard InChI is InChI=1S/C27H37ClFN5O3/c1-27(2,3)23(26(36)30-15-17-8-12-37-13-9-17)32-25(35)22-21-16-33(4)10-5-11-34(21)24(31-22)19-14-18(28)6-7-20(19)29/h6-7,14,17,23H,5,8-13,15-16H2,1-4H3,(H,30,36)(H,32,35)/t23-/m1/s1. The number of nitrogens with zero attached hydrogens (tertiary/aromatic N) is 3. The summed E-state index contributed by atoms with van der Waals surface area (Å²) in [6.07, 6.45) is 2.64. The summed E-state index contributed by atoms with van der Waals surface area (Å²) >= 11 is 6.17. The predicted molar refractivity (Wildman–Crippen MR) is 141 cm³/mol. The van der Waals surface area contributed by atoms with Crippen LogP contribution in [-0.2, 0) is 22.6 Å². The third kappa shape index (κ3) is 6.51. The minimum Gasteiger partial charge on any atom is -0.381 e. The van der Waals surface area contributed by atoms with E-state index in [-0.39, 0.29) is 17.2 Å². The molecule has 1 saturated heterocycles. The van der Waals surface area contributed by atoms with Crippen LogP contribution >= 0.6 is 11.6 Å². The topological polar surface area (TPSA) is 88.5 Å². The highest BCUT2D eigenvalue weighted by Gasteiger charge is 2.35. The second-order valence-electron chi connectivity index (χ2n) is 11.2. The second-order valence-corrected chi connectivity index (χ2v) is 11.6. The van der Waals surface area contributed by atoms with Crippen molar-refractivity contribution >= 4 is 23.4 Å². The molecule has 2 aliphatic heterocycles. The minimum atomic E-state index is -0.771. The van der Waals surface area contributed by atoms with E-state index >= 15 is 0 Å². The third-order valence-electron chi connectivity index (χ3n) is 7.11. The molecule has 1 aromatic carbocycles. The monoisotopic (exact) mass is 533 g/mol. The van der Waals surface area contributed by atoms with Crippen LogP contribution in [0.1, 0.15) is 56.2 Å². The highest BCUT2D eigenvalue weighted by Crippen LogP contribution is 2.30. The molecule has 3 heterocycles. The lowest BCUT2D eigenvalue weighted by molar-refractivity contribution is -0.125. The molecule has 0 aliphatic carbocycles. The number of nitrogens with one attached hydrogen (secondary N) is 2. The first-order valence-corrected chi connectivity index (χ1v) is 13.3. The molecule has 0 bridgehead atoms. The van der Waals surface area contributed by atoms with E-state index in [9.17, 15) is 14.0 Å². The lowest BCUT2D eigenvalue weighted by Gasteiger charge is -2.31. The molecule has 0 radical (unpaired) electrons. The number of ether oxygens (including phenoxy) is 1. The zero-order valence-corrected chi connectivity index (χ0v) is 22.8. The van der Waals surface area contributed by atoms with Gasteiger partial charge in [0.25, 0.3) is 5.91 Å². The lowest BCUT2D eigenvalue weighted by atomic mass is 9.85. The van der Waals surface area contributed by atoms with Gasteiger partial charge >= 0.3 is 0 Å². The normalized spacial score (nSPS) is 18.1. The fourth-order valence-corrected chi connectivity index (χ4v) is 5.12. The van der Waals surface area contributed by atoms with Crippen LogP contribution in [0, 0.1) is 17.2 Å². The zero-order valence-electron chi connectivity index (χ0n) is 22.1. The van der Waals surface area contributed by atoms with Crippen molar-refractivity contribution in [1.82, 2.24) is 25.1 Å². The molecule has 1 atom stereocenters. The summed E-state index contributed by atoms with van der Waals surface area (Å²) in [6.45, 7) is 9.61. The van der Waals surface area contributed by atoms with Gasteiger partial charge in [0.05, 0.1) is 11.3 Å². The van der Waals surface area contributed by atoms with Gasteiger partial charge < -0.3 is 24.8 Å². The molecular weight excluding hydrogens is 497 g/mol. The van der Waals surface area contributed by atoms with E-state index in [0.29, 0.717) is 55.3 Å². The molecule has 0 unspecified atom stereocenters. The Balaban J connectivity index is 1.62. The summed E-state index contributed by atoms with van der Waals surface area (Å²) in [5.74, 6) is -0.401. The van der Waals surface area contributed by atoms with Gasteiger partial charge in [-0.05, 0) is 62.4 Å². The van der Waals surface area contributed by atoms with E-state index in [1.807, 2.05) is 32.4 Å². The van der Waals surface area contributed by atoms with Crippen molar-refractivity contribution in [3.05, 3.63) is 40.4 Å². The number of benzene rings is 1. The van der Waals surface area contributed by atoms with Crippen LogP contribution in [0.25, 0.3) is 11.4 Å². The van der Waals surface area contributed by atoms with Crippen LogP contribution in [0.5, 0.6) is 0 Å². The van der Waals surface area contributed by atoms with Crippen molar-refractivity contribution in [3.63, 3.8) is 0 Å². The number of aromatic nitrogens is 2. The van der Waals surface area contributed by atoms with Gasteiger partial charge in [-0.2, -0.15) is 0 Å². The number of imidazole rings is 1. The SMILES string of the molecule is CN1CCCn2c(-c3cc(Cl)ccc3F)nc(C(=O)N[C@H](C(=O)NCC3CCOCC3)C(C)(C)C)c2C1. The lowest BCUT2D eigenvalue weighted by Crippen LogP contribution is -2.54. The average Bonchev–Trinajstić information content (AvgIpc) is 3.08. The highest BCUT2D eigenvalue weighted by molar-refractivity contribution is 6.30. The minimum absolute atomic E-state index is 0.203. The summed E-state index contributed by atoms with van der Waals surface area (Å²) in [4.78, 5) is 33.7. The van der Waals surface area contributed by atoms with E-state index < -0.39 is 23.2 Å². The van der Waals surface area contributed by atoms with Gasteiger partial charge in [0.1, 0.15) is 17.7 Å². The summed E-state index contributed by atoms with van der Waals surface area (Å²) in [7, 11) is 1.98. The summed E-state index contributed by atoms with van der Waals surface area (Å²) in [5.41, 5.74) is 0.612. The molecule has 0 saturated carbocycles. The molecule has 2 N–H and O–H groups in total. The molecule has 37 heavy (non-hydrogen) atoms. The van der Waals surface area contributed by atoms with E-state index in [2.05, 4.69) is 20.5 Å². The second kappa shape index (κ2) is 11.5. The quantitative estimate of drug-likeness (QED) is 0.588. The van der Waals surface area contributed by atoms with Crippen LogP contribution in [-0.4, -0.2) is 65.7 Å². The van der Waals surface area contributed by atoms with Crippen LogP contribution < -0.4 is 10.6 Å². The number of halogens is 2. The molecular formula is C27H37ClFN5O3. The Morgan fingerprint density at radius 2 is 1.97 bits per heavy atom. The van der Waals surface area contributed by atoms with Crippen LogP contribution in [0.3, 0.4) is 0 Å². The largest absolute Gasteiger partial charge is 0.381 e. The van der Waals surface area contributed by atoms with Gasteiger partial charge in [-0.25, -0.2) is 9.37 Å². The molecule has 8 nitrogen and oxygen atoms in total. The number of fused-ring (bicyclic) bond motifs is 1. The predicted octanol–water partition coefficient (Wildman–Crippen LogP) is 3.87. The molecule has 4 rings (SSSR count). The van der Waals surface area contributed by atoms with Gasteiger partial charge in [-0.3, -0.25) is 9.59 Å². The Bertz CT molecular complexity index is 1140. The molecule has 1 aromatic heterocycles. The van der Waals surface area contributed by atoms with Crippen LogP contribution in [0.15, 0.2) is 18.2 Å². The fourth-order valence-electron chi connectivity index (χ4n) is 4.95. The molecule has 0 spiro atoms. The maximum Gasteiger partial charge on any atom is 0.272 e. The molecule has 2 aliphatic rings. The number of rotatable bonds is 6. The summed E-state index contributed by atoms with van der Waals surface area (Å²) in [5, 5.41) is 6.37. The van der Waals surface area contributed by atoms with Crippen LogP contribution in [0.2, 0.25) is 5.02 Å². The molecule has 2 amide bonds. The van der Waals surface area contributed by atoms with Gasteiger partial charge in [-0.1, -0.05) is 32.4 Å². The first kappa shape index (κ1) is 27.5. The molecule has 202 valence electrons. The highest BCUT2D eigenvalue weighted by atomic mass is 35.5. The Kier molecular flexibility index (Phi) is 8.56. The van der Waals surface area contributed by atoms with Crippen molar-refractivity contribution < 1.29 is 18.7 Å². The average molecular weight is 534 g/mol. The van der Waals surface area contributed by atoms with E-state index in [1.165, 1.54) is 18.2 Å².